The standard InChI is InChI=1S/C15H20N2O/c1-4-17-10-13(9-16-17)8-15(18)14-7-11(2)5-6-12(14)3/h5-7,9-10,15,18H,4,8H2,1-3H3. The average molecular weight is 244 g/mol. The first-order valence-electron chi connectivity index (χ1n) is 6.36. The van der Waals surface area contributed by atoms with Crippen LogP contribution in [0.1, 0.15) is 35.3 Å². The quantitative estimate of drug-likeness (QED) is 0.898. The Morgan fingerprint density at radius 2 is 2.11 bits per heavy atom. The monoisotopic (exact) mass is 244 g/mol. The predicted octanol–water partition coefficient (Wildman–Crippen LogP) is 2.80. The van der Waals surface area contributed by atoms with E-state index in [-0.39, 0.29) is 0 Å². The first-order valence-corrected chi connectivity index (χ1v) is 6.36. The largest absolute Gasteiger partial charge is 0.388 e. The molecule has 96 valence electrons. The van der Waals surface area contributed by atoms with Crippen molar-refractivity contribution in [2.24, 2.45) is 0 Å². The molecule has 1 unspecified atom stereocenters. The molecule has 1 aromatic carbocycles. The van der Waals surface area contributed by atoms with Crippen LogP contribution in [0.2, 0.25) is 0 Å². The van der Waals surface area contributed by atoms with Crippen LogP contribution in [0.25, 0.3) is 0 Å². The molecule has 1 aromatic heterocycles. The van der Waals surface area contributed by atoms with E-state index in [1.807, 2.05) is 30.9 Å². The molecule has 1 N–H and O–H groups in total. The van der Waals surface area contributed by atoms with E-state index in [0.717, 1.165) is 23.2 Å². The second kappa shape index (κ2) is 5.36. The maximum absolute atomic E-state index is 10.3. The highest BCUT2D eigenvalue weighted by Gasteiger charge is 2.12. The summed E-state index contributed by atoms with van der Waals surface area (Å²) in [6.45, 7) is 7.00. The van der Waals surface area contributed by atoms with Crippen LogP contribution in [-0.4, -0.2) is 14.9 Å². The normalized spacial score (nSPS) is 12.7. The van der Waals surface area contributed by atoms with Gasteiger partial charge in [-0.15, -0.1) is 0 Å². The minimum atomic E-state index is -0.459. The summed E-state index contributed by atoms with van der Waals surface area (Å²) < 4.78 is 1.88. The van der Waals surface area contributed by atoms with Gasteiger partial charge in [-0.2, -0.15) is 5.10 Å². The Labute approximate surface area is 108 Å². The van der Waals surface area contributed by atoms with Gasteiger partial charge in [0.1, 0.15) is 0 Å². The fourth-order valence-corrected chi connectivity index (χ4v) is 2.14. The molecule has 1 heterocycles. The smallest absolute Gasteiger partial charge is 0.0834 e. The number of benzene rings is 1. The van der Waals surface area contributed by atoms with Gasteiger partial charge in [0.05, 0.1) is 12.3 Å². The van der Waals surface area contributed by atoms with E-state index < -0.39 is 6.10 Å². The van der Waals surface area contributed by atoms with Crippen LogP contribution < -0.4 is 0 Å². The summed E-state index contributed by atoms with van der Waals surface area (Å²) in [5, 5.41) is 14.6. The molecule has 0 fully saturated rings. The highest BCUT2D eigenvalue weighted by Crippen LogP contribution is 2.22. The van der Waals surface area contributed by atoms with E-state index in [1.165, 1.54) is 5.56 Å². The minimum Gasteiger partial charge on any atom is -0.388 e. The molecule has 2 aromatic rings. The Kier molecular flexibility index (Phi) is 3.82. The van der Waals surface area contributed by atoms with Crippen LogP contribution in [0.5, 0.6) is 0 Å². The number of nitrogens with zero attached hydrogens (tertiary/aromatic N) is 2. The third-order valence-electron chi connectivity index (χ3n) is 3.23. The third-order valence-corrected chi connectivity index (χ3v) is 3.23. The van der Waals surface area contributed by atoms with Gasteiger partial charge in [-0.3, -0.25) is 4.68 Å². The summed E-state index contributed by atoms with van der Waals surface area (Å²) >= 11 is 0. The van der Waals surface area contributed by atoms with Crippen molar-refractivity contribution in [1.29, 1.82) is 0 Å². The summed E-state index contributed by atoms with van der Waals surface area (Å²) in [4.78, 5) is 0. The van der Waals surface area contributed by atoms with Gasteiger partial charge in [-0.1, -0.05) is 23.8 Å². The van der Waals surface area contributed by atoms with Crippen molar-refractivity contribution in [2.45, 2.75) is 39.8 Å². The minimum absolute atomic E-state index is 0.459. The molecule has 0 aliphatic rings. The first-order chi connectivity index (χ1) is 8.60. The van der Waals surface area contributed by atoms with Crippen LogP contribution in [0.15, 0.2) is 30.6 Å². The fourth-order valence-electron chi connectivity index (χ4n) is 2.14. The van der Waals surface area contributed by atoms with Crippen LogP contribution in [0.3, 0.4) is 0 Å². The molecular formula is C15H20N2O. The van der Waals surface area contributed by atoms with Gasteiger partial charge in [0.2, 0.25) is 0 Å². The number of aromatic nitrogens is 2. The maximum atomic E-state index is 10.3. The highest BCUT2D eigenvalue weighted by atomic mass is 16.3. The second-order valence-corrected chi connectivity index (χ2v) is 4.78. The van der Waals surface area contributed by atoms with Crippen molar-refractivity contribution >= 4 is 0 Å². The molecule has 1 atom stereocenters. The number of hydrogen-bond donors (Lipinski definition) is 1. The van der Waals surface area contributed by atoms with Gasteiger partial charge in [-0.25, -0.2) is 0 Å². The van der Waals surface area contributed by atoms with Gasteiger partial charge < -0.3 is 5.11 Å². The SMILES string of the molecule is CCn1cc(CC(O)c2cc(C)ccc2C)cn1. The van der Waals surface area contributed by atoms with E-state index in [4.69, 9.17) is 0 Å². The Hall–Kier alpha value is -1.61. The summed E-state index contributed by atoms with van der Waals surface area (Å²) in [7, 11) is 0. The first kappa shape index (κ1) is 12.8. The molecule has 0 saturated heterocycles. The molecule has 0 aliphatic carbocycles. The van der Waals surface area contributed by atoms with Crippen molar-refractivity contribution in [3.8, 4) is 0 Å². The summed E-state index contributed by atoms with van der Waals surface area (Å²) in [5.41, 5.74) is 4.40. The Morgan fingerprint density at radius 3 is 2.78 bits per heavy atom. The fraction of sp³-hybridized carbons (Fsp3) is 0.400. The lowest BCUT2D eigenvalue weighted by Crippen LogP contribution is -2.04. The average Bonchev–Trinajstić information content (AvgIpc) is 2.80. The van der Waals surface area contributed by atoms with Crippen molar-refractivity contribution in [3.63, 3.8) is 0 Å². The molecule has 0 bridgehead atoms. The van der Waals surface area contributed by atoms with Crippen molar-refractivity contribution in [2.75, 3.05) is 0 Å². The molecule has 3 heteroatoms. The van der Waals surface area contributed by atoms with E-state index in [0.29, 0.717) is 6.42 Å². The van der Waals surface area contributed by atoms with Crippen molar-refractivity contribution in [3.05, 3.63) is 52.8 Å². The Bertz CT molecular complexity index is 531. The lowest BCUT2D eigenvalue weighted by molar-refractivity contribution is 0.177. The summed E-state index contributed by atoms with van der Waals surface area (Å²) in [6, 6.07) is 6.19. The molecule has 0 spiro atoms. The topological polar surface area (TPSA) is 38.0 Å². The molecular weight excluding hydrogens is 224 g/mol. The van der Waals surface area contributed by atoms with Gasteiger partial charge in [0.15, 0.2) is 0 Å². The zero-order valence-corrected chi connectivity index (χ0v) is 11.2. The van der Waals surface area contributed by atoms with E-state index in [1.54, 1.807) is 0 Å². The van der Waals surface area contributed by atoms with Crippen LogP contribution >= 0.6 is 0 Å². The van der Waals surface area contributed by atoms with E-state index in [2.05, 4.69) is 30.2 Å². The van der Waals surface area contributed by atoms with E-state index >= 15 is 0 Å². The molecule has 0 aliphatic heterocycles. The molecule has 18 heavy (non-hydrogen) atoms. The highest BCUT2D eigenvalue weighted by molar-refractivity contribution is 5.32. The van der Waals surface area contributed by atoms with Crippen LogP contribution in [0, 0.1) is 13.8 Å². The zero-order valence-electron chi connectivity index (χ0n) is 11.2. The van der Waals surface area contributed by atoms with Crippen molar-refractivity contribution < 1.29 is 5.11 Å². The lowest BCUT2D eigenvalue weighted by atomic mass is 9.97. The van der Waals surface area contributed by atoms with Crippen LogP contribution in [0.4, 0.5) is 0 Å². The summed E-state index contributed by atoms with van der Waals surface area (Å²) in [6.07, 6.45) is 3.98. The second-order valence-electron chi connectivity index (χ2n) is 4.78. The summed E-state index contributed by atoms with van der Waals surface area (Å²) in [5.74, 6) is 0. The lowest BCUT2D eigenvalue weighted by Gasteiger charge is -2.13. The third kappa shape index (κ3) is 2.79. The molecule has 0 radical (unpaired) electrons. The Morgan fingerprint density at radius 1 is 1.33 bits per heavy atom. The number of aryl methyl sites for hydroxylation is 3. The zero-order chi connectivity index (χ0) is 13.1. The van der Waals surface area contributed by atoms with Crippen LogP contribution in [-0.2, 0) is 13.0 Å². The number of aliphatic hydroxyl groups excluding tert-OH is 1. The van der Waals surface area contributed by atoms with E-state index in [9.17, 15) is 5.11 Å². The van der Waals surface area contributed by atoms with Gasteiger partial charge in [0.25, 0.3) is 0 Å². The molecule has 0 saturated carbocycles. The maximum Gasteiger partial charge on any atom is 0.0834 e. The number of hydrogen-bond acceptors (Lipinski definition) is 2. The van der Waals surface area contributed by atoms with Crippen molar-refractivity contribution in [1.82, 2.24) is 9.78 Å². The van der Waals surface area contributed by atoms with Gasteiger partial charge in [-0.05, 0) is 37.5 Å². The number of rotatable bonds is 4. The molecule has 3 nitrogen and oxygen atoms in total. The van der Waals surface area contributed by atoms with Gasteiger partial charge in [0, 0.05) is 19.2 Å². The number of aliphatic hydroxyl groups is 1. The molecule has 2 rings (SSSR count). The molecule has 0 amide bonds. The predicted molar refractivity (Wildman–Crippen MR) is 72.5 cm³/mol. The van der Waals surface area contributed by atoms with Gasteiger partial charge >= 0.3 is 0 Å². The Balaban J connectivity index is 2.16.